The normalized spacial score (nSPS) is 14.3. The van der Waals surface area contributed by atoms with E-state index in [4.69, 9.17) is 4.74 Å². The summed E-state index contributed by atoms with van der Waals surface area (Å²) in [4.78, 5) is 20.3. The highest BCUT2D eigenvalue weighted by Gasteiger charge is 2.31. The van der Waals surface area contributed by atoms with Crippen LogP contribution in [0.1, 0.15) is 17.1 Å². The van der Waals surface area contributed by atoms with Crippen LogP contribution in [-0.2, 0) is 17.5 Å². The van der Waals surface area contributed by atoms with Crippen LogP contribution in [0.5, 0.6) is 0 Å². The highest BCUT2D eigenvalue weighted by atomic mass is 19.4. The van der Waals surface area contributed by atoms with Crippen molar-refractivity contribution < 1.29 is 22.3 Å². The van der Waals surface area contributed by atoms with Gasteiger partial charge in [-0.2, -0.15) is 13.2 Å². The van der Waals surface area contributed by atoms with Crippen molar-refractivity contribution in [2.75, 3.05) is 55.5 Å². The van der Waals surface area contributed by atoms with Gasteiger partial charge in [0.2, 0.25) is 0 Å². The molecule has 0 spiro atoms. The number of hydrogen-bond donors (Lipinski definition) is 1. The third-order valence-electron chi connectivity index (χ3n) is 5.38. The van der Waals surface area contributed by atoms with E-state index < -0.39 is 17.6 Å². The van der Waals surface area contributed by atoms with Crippen molar-refractivity contribution in [1.29, 1.82) is 0 Å². The van der Waals surface area contributed by atoms with Gasteiger partial charge in [0.25, 0.3) is 0 Å². The summed E-state index contributed by atoms with van der Waals surface area (Å²) in [6.45, 7) is 2.27. The molecule has 190 valence electrons. The molecule has 1 aliphatic rings. The molecule has 36 heavy (non-hydrogen) atoms. The fraction of sp³-hybridized carbons (Fsp3) is 0.333. The van der Waals surface area contributed by atoms with E-state index >= 15 is 0 Å². The molecule has 1 aliphatic heterocycles. The number of pyridine rings is 1. The van der Waals surface area contributed by atoms with Crippen LogP contribution >= 0.6 is 0 Å². The quantitative estimate of drug-likeness (QED) is 0.381. The zero-order valence-electron chi connectivity index (χ0n) is 19.8. The highest BCUT2D eigenvalue weighted by Crippen LogP contribution is 2.34. The van der Waals surface area contributed by atoms with Gasteiger partial charge in [-0.15, -0.1) is 0 Å². The van der Waals surface area contributed by atoms with Crippen LogP contribution in [0.2, 0.25) is 0 Å². The van der Waals surface area contributed by atoms with E-state index in [0.717, 1.165) is 18.3 Å². The Morgan fingerprint density at radius 1 is 1.08 bits per heavy atom. The molecule has 3 aromatic rings. The Morgan fingerprint density at radius 2 is 1.86 bits per heavy atom. The second kappa shape index (κ2) is 10.9. The number of hydrogen-bond acceptors (Lipinski definition) is 8. The van der Waals surface area contributed by atoms with Crippen LogP contribution in [0, 0.1) is 5.82 Å². The standard InChI is InChI=1S/C24H25F4N7O/c1-34(2)20-10-16(24(26,27)28)9-19(11-20)32-18-4-3-17(30-13-18)12-29-15-22-31-14-21(25)23(33-22)35-5-7-36-8-6-35/h3-4,9-14,32H,5-8,15H2,1-2H3/b29-12+. The van der Waals surface area contributed by atoms with Crippen LogP contribution in [0.4, 0.5) is 40.4 Å². The first-order chi connectivity index (χ1) is 17.2. The molecule has 3 heterocycles. The number of ether oxygens (including phenoxy) is 1. The lowest BCUT2D eigenvalue weighted by molar-refractivity contribution is -0.137. The molecule has 0 radical (unpaired) electrons. The van der Waals surface area contributed by atoms with E-state index in [1.54, 1.807) is 37.2 Å². The SMILES string of the molecule is CN(C)c1cc(Nc2ccc(/C=N/Cc3ncc(F)c(N4CCOCC4)n3)nc2)cc(C(F)(F)F)c1. The number of alkyl halides is 3. The summed E-state index contributed by atoms with van der Waals surface area (Å²) in [5, 5.41) is 2.96. The minimum absolute atomic E-state index is 0.136. The number of anilines is 4. The lowest BCUT2D eigenvalue weighted by atomic mass is 10.1. The van der Waals surface area contributed by atoms with E-state index in [2.05, 4.69) is 25.3 Å². The fourth-order valence-corrected chi connectivity index (χ4v) is 3.51. The first-order valence-electron chi connectivity index (χ1n) is 11.2. The summed E-state index contributed by atoms with van der Waals surface area (Å²) in [7, 11) is 3.35. The number of nitrogens with one attached hydrogen (secondary N) is 1. The molecule has 0 unspecified atom stereocenters. The summed E-state index contributed by atoms with van der Waals surface area (Å²) >= 11 is 0. The maximum Gasteiger partial charge on any atom is 0.416 e. The average molecular weight is 504 g/mol. The lowest BCUT2D eigenvalue weighted by Crippen LogP contribution is -2.37. The zero-order chi connectivity index (χ0) is 25.7. The van der Waals surface area contributed by atoms with Crippen LogP contribution < -0.4 is 15.1 Å². The molecule has 2 aromatic heterocycles. The average Bonchev–Trinajstić information content (AvgIpc) is 2.86. The van der Waals surface area contributed by atoms with Gasteiger partial charge in [0, 0.05) is 44.8 Å². The van der Waals surface area contributed by atoms with Crippen molar-refractivity contribution in [2.45, 2.75) is 12.7 Å². The number of aliphatic imine (C=N–C) groups is 1. The van der Waals surface area contributed by atoms with Gasteiger partial charge in [0.15, 0.2) is 17.5 Å². The molecular formula is C24H25F4N7O. The number of morpholine rings is 1. The van der Waals surface area contributed by atoms with E-state index in [1.165, 1.54) is 12.4 Å². The Balaban J connectivity index is 1.41. The second-order valence-corrected chi connectivity index (χ2v) is 8.28. The van der Waals surface area contributed by atoms with Gasteiger partial charge in [-0.1, -0.05) is 0 Å². The highest BCUT2D eigenvalue weighted by molar-refractivity contribution is 5.77. The maximum absolute atomic E-state index is 14.2. The molecule has 0 aliphatic carbocycles. The van der Waals surface area contributed by atoms with Crippen LogP contribution in [0.25, 0.3) is 0 Å². The Kier molecular flexibility index (Phi) is 7.63. The van der Waals surface area contributed by atoms with E-state index in [0.29, 0.717) is 54.9 Å². The first kappa shape index (κ1) is 25.3. The topological polar surface area (TPSA) is 78.8 Å². The molecule has 1 fully saturated rings. The molecule has 1 N–H and O–H groups in total. The van der Waals surface area contributed by atoms with Crippen molar-refractivity contribution in [1.82, 2.24) is 15.0 Å². The number of halogens is 4. The molecule has 0 saturated carbocycles. The Bertz CT molecular complexity index is 1210. The molecule has 0 amide bonds. The predicted octanol–water partition coefficient (Wildman–Crippen LogP) is 4.29. The van der Waals surface area contributed by atoms with Crippen molar-refractivity contribution >= 4 is 29.1 Å². The van der Waals surface area contributed by atoms with Gasteiger partial charge < -0.3 is 19.9 Å². The van der Waals surface area contributed by atoms with Gasteiger partial charge in [-0.3, -0.25) is 9.98 Å². The molecular weight excluding hydrogens is 478 g/mol. The Hall–Kier alpha value is -3.80. The third-order valence-corrected chi connectivity index (χ3v) is 5.38. The smallest absolute Gasteiger partial charge is 0.378 e. The van der Waals surface area contributed by atoms with E-state index in [9.17, 15) is 17.6 Å². The lowest BCUT2D eigenvalue weighted by Gasteiger charge is -2.28. The fourth-order valence-electron chi connectivity index (χ4n) is 3.51. The molecule has 0 atom stereocenters. The largest absolute Gasteiger partial charge is 0.416 e. The summed E-state index contributed by atoms with van der Waals surface area (Å²) in [6, 6.07) is 7.14. The van der Waals surface area contributed by atoms with Gasteiger partial charge in [-0.25, -0.2) is 14.4 Å². The Labute approximate surface area is 205 Å². The molecule has 1 aromatic carbocycles. The summed E-state index contributed by atoms with van der Waals surface area (Å²) in [5.41, 5.74) is 1.03. The second-order valence-electron chi connectivity index (χ2n) is 8.28. The minimum Gasteiger partial charge on any atom is -0.378 e. The predicted molar refractivity (Wildman–Crippen MR) is 130 cm³/mol. The number of nitrogens with zero attached hydrogens (tertiary/aromatic N) is 6. The molecule has 8 nitrogen and oxygen atoms in total. The summed E-state index contributed by atoms with van der Waals surface area (Å²) in [5.74, 6) is 0.112. The first-order valence-corrected chi connectivity index (χ1v) is 11.2. The van der Waals surface area contributed by atoms with Crippen molar-refractivity contribution in [3.8, 4) is 0 Å². The van der Waals surface area contributed by atoms with Gasteiger partial charge in [0.1, 0.15) is 0 Å². The van der Waals surface area contributed by atoms with Crippen LogP contribution in [0.15, 0.2) is 47.7 Å². The maximum atomic E-state index is 14.2. The van der Waals surface area contributed by atoms with Gasteiger partial charge in [-0.05, 0) is 30.3 Å². The Morgan fingerprint density at radius 3 is 2.53 bits per heavy atom. The van der Waals surface area contributed by atoms with Crippen LogP contribution in [-0.4, -0.2) is 61.6 Å². The van der Waals surface area contributed by atoms with Crippen LogP contribution in [0.3, 0.4) is 0 Å². The molecule has 4 rings (SSSR count). The number of benzene rings is 1. The molecule has 12 heteroatoms. The van der Waals surface area contributed by atoms with Crippen molar-refractivity contribution in [2.24, 2.45) is 4.99 Å². The molecule has 1 saturated heterocycles. The number of aromatic nitrogens is 3. The van der Waals surface area contributed by atoms with Crippen molar-refractivity contribution in [3.05, 3.63) is 65.6 Å². The summed E-state index contributed by atoms with van der Waals surface area (Å²) < 4.78 is 59.3. The third kappa shape index (κ3) is 6.45. The van der Waals surface area contributed by atoms with E-state index in [-0.39, 0.29) is 12.4 Å². The van der Waals surface area contributed by atoms with Gasteiger partial charge in [0.05, 0.1) is 49.1 Å². The minimum atomic E-state index is -4.46. The molecule has 0 bridgehead atoms. The zero-order valence-corrected chi connectivity index (χ0v) is 19.8. The summed E-state index contributed by atoms with van der Waals surface area (Å²) in [6.07, 6.45) is -0.295. The van der Waals surface area contributed by atoms with E-state index in [1.807, 2.05) is 4.90 Å². The monoisotopic (exact) mass is 503 g/mol. The number of rotatable bonds is 7. The van der Waals surface area contributed by atoms with Gasteiger partial charge >= 0.3 is 6.18 Å². The van der Waals surface area contributed by atoms with Crippen molar-refractivity contribution in [3.63, 3.8) is 0 Å².